The molecule has 0 aromatic carbocycles. The molecule has 0 spiro atoms. The van der Waals surface area contributed by atoms with Gasteiger partial charge in [-0.25, -0.2) is 4.98 Å². The van der Waals surface area contributed by atoms with Crippen LogP contribution in [-0.4, -0.2) is 42.0 Å². The molecule has 0 amide bonds. The van der Waals surface area contributed by atoms with Crippen LogP contribution in [0, 0.1) is 5.41 Å². The van der Waals surface area contributed by atoms with Crippen molar-refractivity contribution >= 4 is 5.84 Å². The fraction of sp³-hybridized carbons (Fsp3) is 0.500. The molecule has 3 N–H and O–H groups in total. The molecule has 1 aliphatic carbocycles. The van der Waals surface area contributed by atoms with Crippen LogP contribution in [0.15, 0.2) is 18.3 Å². The Hall–Kier alpha value is -1.62. The van der Waals surface area contributed by atoms with Gasteiger partial charge < -0.3 is 15.4 Å². The van der Waals surface area contributed by atoms with Crippen molar-refractivity contribution in [3.63, 3.8) is 0 Å². The maximum atomic E-state index is 7.24. The number of amidine groups is 1. The van der Waals surface area contributed by atoms with Crippen LogP contribution < -0.4 is 10.5 Å². The summed E-state index contributed by atoms with van der Waals surface area (Å²) in [6.07, 6.45) is 4.17. The second-order valence-corrected chi connectivity index (χ2v) is 4.36. The lowest BCUT2D eigenvalue weighted by Gasteiger charge is -2.15. The maximum absolute atomic E-state index is 7.24. The van der Waals surface area contributed by atoms with Crippen molar-refractivity contribution in [2.75, 3.05) is 20.2 Å². The number of nitrogens with one attached hydrogen (secondary N) is 1. The van der Waals surface area contributed by atoms with Gasteiger partial charge in [0.2, 0.25) is 5.88 Å². The van der Waals surface area contributed by atoms with E-state index in [1.165, 1.54) is 12.8 Å². The molecule has 1 aliphatic rings. The van der Waals surface area contributed by atoms with Crippen LogP contribution in [0.5, 0.6) is 5.88 Å². The van der Waals surface area contributed by atoms with Crippen molar-refractivity contribution < 1.29 is 4.74 Å². The summed E-state index contributed by atoms with van der Waals surface area (Å²) in [6.45, 7) is 1.56. The number of aromatic nitrogens is 1. The molecule has 0 saturated heterocycles. The predicted octanol–water partition coefficient (Wildman–Crippen LogP) is 0.839. The van der Waals surface area contributed by atoms with E-state index in [2.05, 4.69) is 16.9 Å². The maximum Gasteiger partial charge on any atom is 0.213 e. The molecule has 0 aliphatic heterocycles. The fourth-order valence-corrected chi connectivity index (χ4v) is 1.62. The van der Waals surface area contributed by atoms with Crippen LogP contribution in [0.3, 0.4) is 0 Å². The number of hydrogen-bond acceptors (Lipinski definition) is 4. The number of hydrogen-bond donors (Lipinski definition) is 2. The molecule has 2 rings (SSSR count). The monoisotopic (exact) mass is 234 g/mol. The highest BCUT2D eigenvalue weighted by molar-refractivity contribution is 5.94. The third kappa shape index (κ3) is 3.42. The molecule has 1 aromatic rings. The molecule has 0 bridgehead atoms. The molecule has 5 nitrogen and oxygen atoms in total. The molecule has 1 aromatic heterocycles. The summed E-state index contributed by atoms with van der Waals surface area (Å²) in [5.41, 5.74) is 5.96. The third-order valence-electron chi connectivity index (χ3n) is 2.91. The Balaban J connectivity index is 1.76. The fourth-order valence-electron chi connectivity index (χ4n) is 1.62. The second-order valence-electron chi connectivity index (χ2n) is 4.36. The zero-order valence-electron chi connectivity index (χ0n) is 10.0. The molecular formula is C12H18N4O. The van der Waals surface area contributed by atoms with E-state index in [1.54, 1.807) is 18.3 Å². The van der Waals surface area contributed by atoms with E-state index in [1.807, 2.05) is 0 Å². The summed E-state index contributed by atoms with van der Waals surface area (Å²) in [7, 11) is 2.12. The minimum Gasteiger partial charge on any atom is -0.476 e. The van der Waals surface area contributed by atoms with E-state index in [0.717, 1.165) is 12.6 Å². The van der Waals surface area contributed by atoms with Crippen molar-refractivity contribution in [1.29, 1.82) is 5.41 Å². The highest BCUT2D eigenvalue weighted by Crippen LogP contribution is 2.24. The Morgan fingerprint density at radius 2 is 2.35 bits per heavy atom. The van der Waals surface area contributed by atoms with Crippen LogP contribution in [0.2, 0.25) is 0 Å². The first-order valence-electron chi connectivity index (χ1n) is 5.80. The van der Waals surface area contributed by atoms with E-state index in [0.29, 0.717) is 18.1 Å². The van der Waals surface area contributed by atoms with Crippen LogP contribution >= 0.6 is 0 Å². The van der Waals surface area contributed by atoms with Crippen LogP contribution in [0.4, 0.5) is 0 Å². The zero-order chi connectivity index (χ0) is 12.3. The minimum absolute atomic E-state index is 0.0255. The highest BCUT2D eigenvalue weighted by Gasteiger charge is 2.25. The van der Waals surface area contributed by atoms with Crippen LogP contribution in [0.25, 0.3) is 0 Å². The quantitative estimate of drug-likeness (QED) is 0.565. The molecule has 1 fully saturated rings. The van der Waals surface area contributed by atoms with Crippen LogP contribution in [-0.2, 0) is 0 Å². The van der Waals surface area contributed by atoms with E-state index in [9.17, 15) is 0 Å². The van der Waals surface area contributed by atoms with Gasteiger partial charge >= 0.3 is 0 Å². The van der Waals surface area contributed by atoms with Crippen molar-refractivity contribution in [2.24, 2.45) is 5.73 Å². The highest BCUT2D eigenvalue weighted by atomic mass is 16.5. The summed E-state index contributed by atoms with van der Waals surface area (Å²) in [6, 6.07) is 4.25. The lowest BCUT2D eigenvalue weighted by molar-refractivity contribution is 0.226. The van der Waals surface area contributed by atoms with Crippen LogP contribution in [0.1, 0.15) is 18.4 Å². The molecule has 1 heterocycles. The standard InChI is InChI=1S/C12H18N4O/c1-16(10-3-4-10)6-7-17-11-5-2-9(8-15-11)12(13)14/h2,5,8,10H,3-4,6-7H2,1H3,(H3,13,14). The van der Waals surface area contributed by atoms with Crippen molar-refractivity contribution in [1.82, 2.24) is 9.88 Å². The van der Waals surface area contributed by atoms with Gasteiger partial charge in [0, 0.05) is 30.4 Å². The normalized spacial score (nSPS) is 14.9. The minimum atomic E-state index is 0.0255. The molecule has 0 unspecified atom stereocenters. The Bertz CT molecular complexity index is 386. The van der Waals surface area contributed by atoms with Crippen molar-refractivity contribution in [3.8, 4) is 5.88 Å². The first-order chi connectivity index (χ1) is 8.16. The summed E-state index contributed by atoms with van der Waals surface area (Å²) in [4.78, 5) is 6.41. The number of likely N-dealkylation sites (N-methyl/N-ethyl adjacent to an activating group) is 1. The number of ether oxygens (including phenoxy) is 1. The van der Waals surface area contributed by atoms with Gasteiger partial charge in [-0.1, -0.05) is 0 Å². The van der Waals surface area contributed by atoms with Crippen molar-refractivity contribution in [3.05, 3.63) is 23.9 Å². The van der Waals surface area contributed by atoms with Gasteiger partial charge in [-0.2, -0.15) is 0 Å². The Morgan fingerprint density at radius 1 is 1.59 bits per heavy atom. The van der Waals surface area contributed by atoms with Gasteiger partial charge in [0.25, 0.3) is 0 Å². The molecule has 5 heteroatoms. The van der Waals surface area contributed by atoms with E-state index < -0.39 is 0 Å². The number of pyridine rings is 1. The lowest BCUT2D eigenvalue weighted by atomic mass is 10.3. The molecule has 1 saturated carbocycles. The molecule has 0 atom stereocenters. The van der Waals surface area contributed by atoms with Gasteiger partial charge in [-0.15, -0.1) is 0 Å². The smallest absolute Gasteiger partial charge is 0.213 e. The van der Waals surface area contributed by atoms with Gasteiger partial charge in [0.1, 0.15) is 12.4 Å². The number of nitrogens with two attached hydrogens (primary N) is 1. The topological polar surface area (TPSA) is 75.2 Å². The largest absolute Gasteiger partial charge is 0.476 e. The van der Waals surface area contributed by atoms with E-state index >= 15 is 0 Å². The van der Waals surface area contributed by atoms with Gasteiger partial charge in [-0.3, -0.25) is 5.41 Å². The first kappa shape index (κ1) is 11.9. The predicted molar refractivity (Wildman–Crippen MR) is 66.4 cm³/mol. The van der Waals surface area contributed by atoms with Gasteiger partial charge in [0.05, 0.1) is 0 Å². The van der Waals surface area contributed by atoms with Gasteiger partial charge in [0.15, 0.2) is 0 Å². The van der Waals surface area contributed by atoms with Crippen molar-refractivity contribution in [2.45, 2.75) is 18.9 Å². The first-order valence-corrected chi connectivity index (χ1v) is 5.80. The molecular weight excluding hydrogens is 216 g/mol. The Labute approximate surface area is 101 Å². The van der Waals surface area contributed by atoms with E-state index in [4.69, 9.17) is 15.9 Å². The SMILES string of the molecule is CN(CCOc1ccc(C(=N)N)cn1)C1CC1. The zero-order valence-corrected chi connectivity index (χ0v) is 10.0. The summed E-state index contributed by atoms with van der Waals surface area (Å²) in [5, 5.41) is 7.24. The number of nitrogens with zero attached hydrogens (tertiary/aromatic N) is 2. The Morgan fingerprint density at radius 3 is 2.88 bits per heavy atom. The summed E-state index contributed by atoms with van der Waals surface area (Å²) >= 11 is 0. The number of rotatable bonds is 6. The average molecular weight is 234 g/mol. The Kier molecular flexibility index (Phi) is 3.58. The molecule has 17 heavy (non-hydrogen) atoms. The molecule has 92 valence electrons. The summed E-state index contributed by atoms with van der Waals surface area (Å²) in [5.74, 6) is 0.608. The number of nitrogen functional groups attached to an aromatic ring is 1. The van der Waals surface area contributed by atoms with Gasteiger partial charge in [-0.05, 0) is 26.0 Å². The lowest BCUT2D eigenvalue weighted by Crippen LogP contribution is -2.26. The molecule has 0 radical (unpaired) electrons. The second kappa shape index (κ2) is 5.14. The third-order valence-corrected chi connectivity index (χ3v) is 2.91. The average Bonchev–Trinajstić information content (AvgIpc) is 3.13. The summed E-state index contributed by atoms with van der Waals surface area (Å²) < 4.78 is 5.53. The van der Waals surface area contributed by atoms with E-state index in [-0.39, 0.29) is 5.84 Å².